The van der Waals surface area contributed by atoms with Gasteiger partial charge in [0, 0.05) is 17.5 Å². The molecular formula is C11H17N3OS. The average molecular weight is 239 g/mol. The number of thioether (sulfide) groups is 1. The van der Waals surface area contributed by atoms with Crippen molar-refractivity contribution < 1.29 is 5.11 Å². The Labute approximate surface area is 99.9 Å². The molecule has 2 N–H and O–H groups in total. The molecule has 1 aliphatic carbocycles. The first-order valence-corrected chi connectivity index (χ1v) is 6.57. The van der Waals surface area contributed by atoms with E-state index in [9.17, 15) is 5.11 Å². The van der Waals surface area contributed by atoms with Gasteiger partial charge in [0.2, 0.25) is 0 Å². The Morgan fingerprint density at radius 2 is 2.25 bits per heavy atom. The van der Waals surface area contributed by atoms with Crippen LogP contribution in [0.25, 0.3) is 0 Å². The first-order valence-electron chi connectivity index (χ1n) is 5.34. The predicted octanol–water partition coefficient (Wildman–Crippen LogP) is 1.77. The number of anilines is 1. The first-order chi connectivity index (χ1) is 7.54. The van der Waals surface area contributed by atoms with E-state index in [-0.39, 0.29) is 17.6 Å². The van der Waals surface area contributed by atoms with Crippen molar-refractivity contribution in [3.63, 3.8) is 0 Å². The predicted molar refractivity (Wildman–Crippen MR) is 65.6 cm³/mol. The molecule has 0 amide bonds. The second kappa shape index (κ2) is 4.22. The second-order valence-electron chi connectivity index (χ2n) is 4.72. The van der Waals surface area contributed by atoms with Crippen LogP contribution in [-0.2, 0) is 0 Å². The zero-order valence-electron chi connectivity index (χ0n) is 9.77. The number of aromatic nitrogens is 2. The lowest BCUT2D eigenvalue weighted by molar-refractivity contribution is -0.0511. The number of aliphatic hydroxyl groups excluding tert-OH is 1. The molecule has 1 fully saturated rings. The maximum atomic E-state index is 9.65. The maximum Gasteiger partial charge on any atom is 0.130 e. The van der Waals surface area contributed by atoms with Crippen LogP contribution < -0.4 is 5.32 Å². The summed E-state index contributed by atoms with van der Waals surface area (Å²) in [6.07, 6.45) is 4.12. The highest BCUT2D eigenvalue weighted by Crippen LogP contribution is 2.42. The van der Waals surface area contributed by atoms with Crippen LogP contribution >= 0.6 is 11.8 Å². The molecule has 0 spiro atoms. The molecule has 2 rings (SSSR count). The Balaban J connectivity index is 2.05. The minimum Gasteiger partial charge on any atom is -0.392 e. The SMILES string of the molecule is CSc1cc(NC2CC(O)C2(C)C)ncn1. The van der Waals surface area contributed by atoms with Gasteiger partial charge < -0.3 is 10.4 Å². The fourth-order valence-electron chi connectivity index (χ4n) is 1.86. The molecule has 4 nitrogen and oxygen atoms in total. The number of hydrogen-bond donors (Lipinski definition) is 2. The van der Waals surface area contributed by atoms with Crippen molar-refractivity contribution in [1.29, 1.82) is 0 Å². The third-order valence-corrected chi connectivity index (χ3v) is 4.03. The van der Waals surface area contributed by atoms with Gasteiger partial charge in [0.1, 0.15) is 17.2 Å². The molecule has 0 bridgehead atoms. The van der Waals surface area contributed by atoms with Gasteiger partial charge in [-0.3, -0.25) is 0 Å². The van der Waals surface area contributed by atoms with Crippen LogP contribution in [0.15, 0.2) is 17.4 Å². The third-order valence-electron chi connectivity index (χ3n) is 3.39. The van der Waals surface area contributed by atoms with Crippen LogP contribution in [0.1, 0.15) is 20.3 Å². The van der Waals surface area contributed by atoms with E-state index in [1.807, 2.05) is 12.3 Å². The number of nitrogens with one attached hydrogen (secondary N) is 1. The van der Waals surface area contributed by atoms with E-state index in [2.05, 4.69) is 29.1 Å². The third kappa shape index (κ3) is 2.01. The van der Waals surface area contributed by atoms with Crippen LogP contribution in [-0.4, -0.2) is 33.5 Å². The molecular weight excluding hydrogens is 222 g/mol. The van der Waals surface area contributed by atoms with Crippen LogP contribution in [0.4, 0.5) is 5.82 Å². The molecule has 1 heterocycles. The summed E-state index contributed by atoms with van der Waals surface area (Å²) in [5, 5.41) is 14.0. The van der Waals surface area contributed by atoms with Gasteiger partial charge in [-0.15, -0.1) is 11.8 Å². The van der Waals surface area contributed by atoms with Crippen molar-refractivity contribution in [3.8, 4) is 0 Å². The molecule has 16 heavy (non-hydrogen) atoms. The van der Waals surface area contributed by atoms with Gasteiger partial charge >= 0.3 is 0 Å². The molecule has 0 aromatic carbocycles. The first kappa shape index (κ1) is 11.7. The highest BCUT2D eigenvalue weighted by Gasteiger charge is 2.47. The highest BCUT2D eigenvalue weighted by atomic mass is 32.2. The summed E-state index contributed by atoms with van der Waals surface area (Å²) in [7, 11) is 0. The molecule has 2 atom stereocenters. The smallest absolute Gasteiger partial charge is 0.130 e. The fraction of sp³-hybridized carbons (Fsp3) is 0.636. The van der Waals surface area contributed by atoms with Crippen LogP contribution in [0.5, 0.6) is 0 Å². The molecule has 1 aromatic heterocycles. The van der Waals surface area contributed by atoms with Crippen molar-refractivity contribution >= 4 is 17.6 Å². The van der Waals surface area contributed by atoms with E-state index in [0.717, 1.165) is 17.3 Å². The summed E-state index contributed by atoms with van der Waals surface area (Å²) < 4.78 is 0. The Morgan fingerprint density at radius 1 is 1.50 bits per heavy atom. The van der Waals surface area contributed by atoms with Crippen molar-refractivity contribution in [2.45, 2.75) is 37.4 Å². The van der Waals surface area contributed by atoms with Gasteiger partial charge in [-0.25, -0.2) is 9.97 Å². The Kier molecular flexibility index (Phi) is 3.08. The van der Waals surface area contributed by atoms with E-state index in [0.29, 0.717) is 0 Å². The molecule has 1 saturated carbocycles. The molecule has 5 heteroatoms. The Bertz CT molecular complexity index is 383. The van der Waals surface area contributed by atoms with Crippen molar-refractivity contribution in [3.05, 3.63) is 12.4 Å². The normalized spacial score (nSPS) is 27.2. The lowest BCUT2D eigenvalue weighted by Gasteiger charge is -2.49. The lowest BCUT2D eigenvalue weighted by Crippen LogP contribution is -2.57. The molecule has 0 saturated heterocycles. The van der Waals surface area contributed by atoms with Crippen LogP contribution in [0.3, 0.4) is 0 Å². The number of nitrogens with zero attached hydrogens (tertiary/aromatic N) is 2. The summed E-state index contributed by atoms with van der Waals surface area (Å²) >= 11 is 1.60. The molecule has 0 radical (unpaired) electrons. The minimum absolute atomic E-state index is 0.0789. The van der Waals surface area contributed by atoms with E-state index in [4.69, 9.17) is 0 Å². The molecule has 1 aliphatic rings. The van der Waals surface area contributed by atoms with E-state index in [1.54, 1.807) is 18.1 Å². The highest BCUT2D eigenvalue weighted by molar-refractivity contribution is 7.98. The van der Waals surface area contributed by atoms with Crippen molar-refractivity contribution in [2.75, 3.05) is 11.6 Å². The van der Waals surface area contributed by atoms with Crippen molar-refractivity contribution in [2.24, 2.45) is 5.41 Å². The van der Waals surface area contributed by atoms with Gasteiger partial charge in [-0.2, -0.15) is 0 Å². The molecule has 88 valence electrons. The monoisotopic (exact) mass is 239 g/mol. The fourth-order valence-corrected chi connectivity index (χ4v) is 2.24. The summed E-state index contributed by atoms with van der Waals surface area (Å²) in [5.74, 6) is 0.837. The molecule has 1 aromatic rings. The zero-order valence-corrected chi connectivity index (χ0v) is 10.6. The minimum atomic E-state index is -0.216. The molecule has 0 aliphatic heterocycles. The Morgan fingerprint density at radius 3 is 2.81 bits per heavy atom. The number of hydrogen-bond acceptors (Lipinski definition) is 5. The largest absolute Gasteiger partial charge is 0.392 e. The Hall–Kier alpha value is -0.810. The van der Waals surface area contributed by atoms with E-state index in [1.165, 1.54) is 0 Å². The standard InChI is InChI=1S/C11H17N3OS/c1-11(2)7(4-8(11)15)14-9-5-10(16-3)13-6-12-9/h5-8,15H,4H2,1-3H3,(H,12,13,14). The van der Waals surface area contributed by atoms with Crippen LogP contribution in [0.2, 0.25) is 0 Å². The summed E-state index contributed by atoms with van der Waals surface area (Å²) in [6.45, 7) is 4.13. The quantitative estimate of drug-likeness (QED) is 0.622. The number of rotatable bonds is 3. The van der Waals surface area contributed by atoms with Gasteiger partial charge in [0.15, 0.2) is 0 Å². The lowest BCUT2D eigenvalue weighted by atomic mass is 9.64. The van der Waals surface area contributed by atoms with Gasteiger partial charge in [-0.05, 0) is 12.7 Å². The van der Waals surface area contributed by atoms with Gasteiger partial charge in [0.25, 0.3) is 0 Å². The molecule has 2 unspecified atom stereocenters. The summed E-state index contributed by atoms with van der Waals surface area (Å²) in [4.78, 5) is 8.31. The van der Waals surface area contributed by atoms with Gasteiger partial charge in [0.05, 0.1) is 6.10 Å². The average Bonchev–Trinajstić information content (AvgIpc) is 2.29. The summed E-state index contributed by atoms with van der Waals surface area (Å²) in [6, 6.07) is 2.22. The van der Waals surface area contributed by atoms with Crippen molar-refractivity contribution in [1.82, 2.24) is 9.97 Å². The topological polar surface area (TPSA) is 58.0 Å². The zero-order chi connectivity index (χ0) is 11.8. The van der Waals surface area contributed by atoms with Crippen LogP contribution in [0, 0.1) is 5.41 Å². The second-order valence-corrected chi connectivity index (χ2v) is 5.54. The maximum absolute atomic E-state index is 9.65. The van der Waals surface area contributed by atoms with E-state index >= 15 is 0 Å². The van der Waals surface area contributed by atoms with Gasteiger partial charge in [-0.1, -0.05) is 13.8 Å². The summed E-state index contributed by atoms with van der Waals surface area (Å²) in [5.41, 5.74) is -0.0789. The van der Waals surface area contributed by atoms with E-state index < -0.39 is 0 Å². The number of aliphatic hydroxyl groups is 1.